The Labute approximate surface area is 139 Å². The molecule has 1 fully saturated rings. The summed E-state index contributed by atoms with van der Waals surface area (Å²) in [5, 5.41) is 0. The highest BCUT2D eigenvalue weighted by Crippen LogP contribution is 2.42. The van der Waals surface area contributed by atoms with E-state index < -0.39 is 0 Å². The van der Waals surface area contributed by atoms with Gasteiger partial charge in [0.15, 0.2) is 0 Å². The standard InChI is InChI=1S/C16H13Br2N3/c17-9-1-5-13(19)12(7-9)16-20-14-8-10(18)2-6-15(14)21(16)11-3-4-11/h1-2,5-8,11H,3-4,19H2. The number of hydrogen-bond donors (Lipinski definition) is 1. The van der Waals surface area contributed by atoms with E-state index in [1.165, 1.54) is 18.4 Å². The predicted molar refractivity (Wildman–Crippen MR) is 93.3 cm³/mol. The number of anilines is 1. The Bertz CT molecular complexity index is 850. The minimum atomic E-state index is 0.546. The largest absolute Gasteiger partial charge is 0.398 e. The van der Waals surface area contributed by atoms with E-state index in [2.05, 4.69) is 54.6 Å². The van der Waals surface area contributed by atoms with Crippen LogP contribution >= 0.6 is 31.9 Å². The SMILES string of the molecule is Nc1ccc(Br)cc1-c1nc2cc(Br)ccc2n1C1CC1. The van der Waals surface area contributed by atoms with Gasteiger partial charge < -0.3 is 10.3 Å². The number of fused-ring (bicyclic) bond motifs is 1. The topological polar surface area (TPSA) is 43.8 Å². The van der Waals surface area contributed by atoms with Gasteiger partial charge >= 0.3 is 0 Å². The van der Waals surface area contributed by atoms with Crippen LogP contribution in [0.15, 0.2) is 45.3 Å². The van der Waals surface area contributed by atoms with Crippen LogP contribution in [0, 0.1) is 0 Å². The first-order chi connectivity index (χ1) is 10.1. The van der Waals surface area contributed by atoms with Crippen molar-refractivity contribution in [1.82, 2.24) is 9.55 Å². The van der Waals surface area contributed by atoms with Crippen LogP contribution < -0.4 is 5.73 Å². The Kier molecular flexibility index (Phi) is 3.08. The van der Waals surface area contributed by atoms with E-state index in [0.717, 1.165) is 31.5 Å². The zero-order valence-corrected chi connectivity index (χ0v) is 14.4. The van der Waals surface area contributed by atoms with Gasteiger partial charge in [-0.05, 0) is 49.2 Å². The third-order valence-corrected chi connectivity index (χ3v) is 4.81. The van der Waals surface area contributed by atoms with Crippen molar-refractivity contribution in [1.29, 1.82) is 0 Å². The summed E-state index contributed by atoms with van der Waals surface area (Å²) in [6, 6.07) is 12.7. The van der Waals surface area contributed by atoms with Crippen LogP contribution in [0.2, 0.25) is 0 Å². The lowest BCUT2D eigenvalue weighted by Crippen LogP contribution is -2.00. The van der Waals surface area contributed by atoms with Crippen LogP contribution in [0.5, 0.6) is 0 Å². The highest BCUT2D eigenvalue weighted by molar-refractivity contribution is 9.10. The summed E-state index contributed by atoms with van der Waals surface area (Å²) in [6.45, 7) is 0. The van der Waals surface area contributed by atoms with E-state index in [-0.39, 0.29) is 0 Å². The van der Waals surface area contributed by atoms with Gasteiger partial charge in [0.25, 0.3) is 0 Å². The summed E-state index contributed by atoms with van der Waals surface area (Å²) in [5.41, 5.74) is 10.1. The molecule has 1 heterocycles. The molecule has 0 unspecified atom stereocenters. The second kappa shape index (κ2) is 4.85. The molecule has 0 spiro atoms. The first-order valence-electron chi connectivity index (χ1n) is 6.86. The average Bonchev–Trinajstić information content (AvgIpc) is 3.22. The number of nitrogens with two attached hydrogens (primary N) is 1. The van der Waals surface area contributed by atoms with Crippen molar-refractivity contribution < 1.29 is 0 Å². The molecule has 4 rings (SSSR count). The quantitative estimate of drug-likeness (QED) is 0.598. The number of nitrogens with zero attached hydrogens (tertiary/aromatic N) is 2. The van der Waals surface area contributed by atoms with E-state index in [1.807, 2.05) is 18.2 Å². The van der Waals surface area contributed by atoms with Crippen LogP contribution in [-0.2, 0) is 0 Å². The molecule has 1 aromatic heterocycles. The van der Waals surface area contributed by atoms with Gasteiger partial charge in [0.05, 0.1) is 11.0 Å². The molecule has 3 aromatic rings. The van der Waals surface area contributed by atoms with Gasteiger partial charge in [-0.15, -0.1) is 0 Å². The summed E-state index contributed by atoms with van der Waals surface area (Å²) in [5.74, 6) is 0.962. The van der Waals surface area contributed by atoms with Crippen LogP contribution in [0.1, 0.15) is 18.9 Å². The second-order valence-electron chi connectivity index (χ2n) is 5.40. The Balaban J connectivity index is 2.03. The number of hydrogen-bond acceptors (Lipinski definition) is 2. The van der Waals surface area contributed by atoms with Gasteiger partial charge in [-0.25, -0.2) is 4.98 Å². The third-order valence-electron chi connectivity index (χ3n) is 3.82. The number of imidazole rings is 1. The van der Waals surface area contributed by atoms with Crippen LogP contribution in [0.25, 0.3) is 22.4 Å². The molecule has 0 saturated heterocycles. The molecule has 0 amide bonds. The average molecular weight is 407 g/mol. The first-order valence-corrected chi connectivity index (χ1v) is 8.45. The number of aromatic nitrogens is 2. The molecular formula is C16H13Br2N3. The van der Waals surface area contributed by atoms with Crippen LogP contribution in [-0.4, -0.2) is 9.55 Å². The highest BCUT2D eigenvalue weighted by Gasteiger charge is 2.29. The smallest absolute Gasteiger partial charge is 0.143 e. The maximum atomic E-state index is 6.18. The van der Waals surface area contributed by atoms with Crippen LogP contribution in [0.4, 0.5) is 5.69 Å². The predicted octanol–water partition coefficient (Wildman–Crippen LogP) is 5.15. The summed E-state index contributed by atoms with van der Waals surface area (Å²) in [4.78, 5) is 4.84. The van der Waals surface area contributed by atoms with E-state index in [0.29, 0.717) is 6.04 Å². The van der Waals surface area contributed by atoms with Gasteiger partial charge in [0, 0.05) is 26.2 Å². The molecule has 0 aliphatic heterocycles. The molecule has 2 aromatic carbocycles. The summed E-state index contributed by atoms with van der Waals surface area (Å²) in [6.07, 6.45) is 2.42. The molecule has 106 valence electrons. The monoisotopic (exact) mass is 405 g/mol. The maximum absolute atomic E-state index is 6.18. The lowest BCUT2D eigenvalue weighted by Gasteiger charge is -2.10. The fourth-order valence-electron chi connectivity index (χ4n) is 2.69. The molecule has 2 N–H and O–H groups in total. The number of halogens is 2. The van der Waals surface area contributed by atoms with E-state index in [1.54, 1.807) is 0 Å². The van der Waals surface area contributed by atoms with Crippen molar-refractivity contribution in [2.75, 3.05) is 5.73 Å². The van der Waals surface area contributed by atoms with Gasteiger partial charge in [0.2, 0.25) is 0 Å². The minimum absolute atomic E-state index is 0.546. The molecule has 5 heteroatoms. The van der Waals surface area contributed by atoms with Crippen molar-refractivity contribution in [3.63, 3.8) is 0 Å². The Morgan fingerprint density at radius 1 is 1.05 bits per heavy atom. The van der Waals surface area contributed by atoms with Gasteiger partial charge in [-0.1, -0.05) is 31.9 Å². The summed E-state index contributed by atoms with van der Waals surface area (Å²) in [7, 11) is 0. The molecule has 1 aliphatic carbocycles. The zero-order chi connectivity index (χ0) is 14.6. The summed E-state index contributed by atoms with van der Waals surface area (Å²) < 4.78 is 4.39. The Morgan fingerprint density at radius 3 is 2.52 bits per heavy atom. The van der Waals surface area contributed by atoms with Gasteiger partial charge in [-0.2, -0.15) is 0 Å². The van der Waals surface area contributed by atoms with Crippen molar-refractivity contribution in [3.8, 4) is 11.4 Å². The Hall–Kier alpha value is -1.33. The van der Waals surface area contributed by atoms with Crippen molar-refractivity contribution >= 4 is 48.6 Å². The molecule has 21 heavy (non-hydrogen) atoms. The normalized spacial score (nSPS) is 14.8. The van der Waals surface area contributed by atoms with Crippen LogP contribution in [0.3, 0.4) is 0 Å². The lowest BCUT2D eigenvalue weighted by molar-refractivity contribution is 0.775. The molecule has 0 bridgehead atoms. The number of benzene rings is 2. The number of nitrogen functional groups attached to an aromatic ring is 1. The fourth-order valence-corrected chi connectivity index (χ4v) is 3.40. The molecular weight excluding hydrogens is 394 g/mol. The Morgan fingerprint density at radius 2 is 1.76 bits per heavy atom. The van der Waals surface area contributed by atoms with Crippen molar-refractivity contribution in [2.45, 2.75) is 18.9 Å². The molecule has 0 atom stereocenters. The van der Waals surface area contributed by atoms with E-state index in [9.17, 15) is 0 Å². The fraction of sp³-hybridized carbons (Fsp3) is 0.188. The third kappa shape index (κ3) is 2.28. The number of rotatable bonds is 2. The maximum Gasteiger partial charge on any atom is 0.143 e. The van der Waals surface area contributed by atoms with Crippen molar-refractivity contribution in [2.24, 2.45) is 0 Å². The lowest BCUT2D eigenvalue weighted by atomic mass is 10.1. The molecule has 1 aliphatic rings. The second-order valence-corrected chi connectivity index (χ2v) is 7.23. The minimum Gasteiger partial charge on any atom is -0.398 e. The summed E-state index contributed by atoms with van der Waals surface area (Å²) >= 11 is 7.05. The highest BCUT2D eigenvalue weighted by atomic mass is 79.9. The van der Waals surface area contributed by atoms with E-state index >= 15 is 0 Å². The van der Waals surface area contributed by atoms with Gasteiger partial charge in [0.1, 0.15) is 5.82 Å². The van der Waals surface area contributed by atoms with E-state index in [4.69, 9.17) is 10.7 Å². The molecule has 1 saturated carbocycles. The molecule has 3 nitrogen and oxygen atoms in total. The van der Waals surface area contributed by atoms with Crippen molar-refractivity contribution in [3.05, 3.63) is 45.3 Å². The zero-order valence-electron chi connectivity index (χ0n) is 11.2. The molecule has 0 radical (unpaired) electrons. The first kappa shape index (κ1) is 13.3. The van der Waals surface area contributed by atoms with Gasteiger partial charge in [-0.3, -0.25) is 0 Å².